The summed E-state index contributed by atoms with van der Waals surface area (Å²) in [4.78, 5) is 12.0. The van der Waals surface area contributed by atoms with Gasteiger partial charge in [0.25, 0.3) is 0 Å². The van der Waals surface area contributed by atoms with Crippen molar-refractivity contribution in [2.75, 3.05) is 13.2 Å². The van der Waals surface area contributed by atoms with Crippen LogP contribution in [0, 0.1) is 0 Å². The van der Waals surface area contributed by atoms with E-state index in [4.69, 9.17) is 14.6 Å². The Morgan fingerprint density at radius 1 is 1.50 bits per heavy atom. The number of primary sulfonamides is 1. The van der Waals surface area contributed by atoms with Crippen LogP contribution in [0.2, 0.25) is 0 Å². The monoisotopic (exact) mass is 302 g/mol. The summed E-state index contributed by atoms with van der Waals surface area (Å²) in [7, 11) is -3.83. The van der Waals surface area contributed by atoms with Gasteiger partial charge in [-0.15, -0.1) is 0 Å². The summed E-state index contributed by atoms with van der Waals surface area (Å²) in [6.45, 7) is 3.39. The summed E-state index contributed by atoms with van der Waals surface area (Å²) in [6, 6.07) is 1.25. The highest BCUT2D eigenvalue weighted by Gasteiger charge is 2.23. The van der Waals surface area contributed by atoms with E-state index in [1.807, 2.05) is 0 Å². The first kappa shape index (κ1) is 15.0. The van der Waals surface area contributed by atoms with Gasteiger partial charge in [-0.2, -0.15) is 0 Å². The molecule has 1 aliphatic rings. The van der Waals surface area contributed by atoms with Crippen LogP contribution in [0.15, 0.2) is 17.2 Å². The fourth-order valence-corrected chi connectivity index (χ4v) is 2.63. The second kappa shape index (κ2) is 5.94. The van der Waals surface area contributed by atoms with Crippen LogP contribution in [0.1, 0.15) is 30.3 Å². The van der Waals surface area contributed by atoms with E-state index in [0.717, 1.165) is 0 Å². The minimum Gasteiger partial charge on any atom is -0.458 e. The molecule has 0 bridgehead atoms. The third-order valence-electron chi connectivity index (χ3n) is 3.19. The smallest absolute Gasteiger partial charge is 0.355 e. The fraction of sp³-hybridized carbons (Fsp3) is 0.583. The van der Waals surface area contributed by atoms with Crippen molar-refractivity contribution in [3.8, 4) is 0 Å². The molecule has 1 aliphatic heterocycles. The van der Waals surface area contributed by atoms with Gasteiger partial charge in [-0.3, -0.25) is 0 Å². The molecule has 7 nitrogen and oxygen atoms in total. The summed E-state index contributed by atoms with van der Waals surface area (Å²) in [5.74, 6) is -0.534. The number of hydrogen-bond donors (Lipinski definition) is 1. The highest BCUT2D eigenvalue weighted by molar-refractivity contribution is 7.89. The molecule has 8 heteroatoms. The molecule has 0 aliphatic carbocycles. The van der Waals surface area contributed by atoms with Crippen LogP contribution in [-0.4, -0.2) is 38.3 Å². The second-order valence-corrected chi connectivity index (χ2v) is 6.17. The van der Waals surface area contributed by atoms with Gasteiger partial charge in [-0.1, -0.05) is 0 Å². The Bertz CT molecular complexity index is 587. The molecule has 0 unspecified atom stereocenters. The second-order valence-electron chi connectivity index (χ2n) is 4.61. The molecule has 0 atom stereocenters. The molecule has 0 spiro atoms. The van der Waals surface area contributed by atoms with E-state index >= 15 is 0 Å². The number of rotatable bonds is 4. The van der Waals surface area contributed by atoms with Crippen molar-refractivity contribution < 1.29 is 22.7 Å². The predicted molar refractivity (Wildman–Crippen MR) is 70.7 cm³/mol. The number of carbonyl (C=O) groups excluding carboxylic acids is 1. The van der Waals surface area contributed by atoms with Gasteiger partial charge in [0, 0.05) is 25.6 Å². The zero-order chi connectivity index (χ0) is 14.8. The lowest BCUT2D eigenvalue weighted by molar-refractivity contribution is -0.0166. The lowest BCUT2D eigenvalue weighted by Gasteiger charge is -2.22. The SMILES string of the molecule is CCn1cc(S(N)(=O)=O)cc1C(=O)OC1CCOCC1. The van der Waals surface area contributed by atoms with Crippen molar-refractivity contribution in [3.05, 3.63) is 18.0 Å². The molecule has 2 rings (SSSR count). The number of ether oxygens (including phenoxy) is 2. The van der Waals surface area contributed by atoms with Crippen LogP contribution >= 0.6 is 0 Å². The van der Waals surface area contributed by atoms with E-state index in [2.05, 4.69) is 0 Å². The van der Waals surface area contributed by atoms with Gasteiger partial charge >= 0.3 is 5.97 Å². The Morgan fingerprint density at radius 3 is 2.70 bits per heavy atom. The van der Waals surface area contributed by atoms with Gasteiger partial charge < -0.3 is 14.0 Å². The Hall–Kier alpha value is -1.38. The normalized spacial score (nSPS) is 17.1. The molecule has 20 heavy (non-hydrogen) atoms. The highest BCUT2D eigenvalue weighted by atomic mass is 32.2. The summed E-state index contributed by atoms with van der Waals surface area (Å²) >= 11 is 0. The Labute approximate surface area is 117 Å². The lowest BCUT2D eigenvalue weighted by Crippen LogP contribution is -2.27. The maximum atomic E-state index is 12.1. The first-order chi connectivity index (χ1) is 9.41. The van der Waals surface area contributed by atoms with Crippen LogP contribution in [0.25, 0.3) is 0 Å². The molecular formula is C12H18N2O5S. The first-order valence-corrected chi connectivity index (χ1v) is 7.98. The van der Waals surface area contributed by atoms with E-state index in [0.29, 0.717) is 32.6 Å². The van der Waals surface area contributed by atoms with Crippen LogP contribution in [0.4, 0.5) is 0 Å². The molecule has 0 saturated carbocycles. The van der Waals surface area contributed by atoms with Crippen molar-refractivity contribution in [3.63, 3.8) is 0 Å². The maximum Gasteiger partial charge on any atom is 0.355 e. The number of nitrogens with zero attached hydrogens (tertiary/aromatic N) is 1. The van der Waals surface area contributed by atoms with Crippen molar-refractivity contribution in [1.29, 1.82) is 0 Å². The standard InChI is InChI=1S/C12H18N2O5S/c1-2-14-8-10(20(13,16)17)7-11(14)12(15)19-9-3-5-18-6-4-9/h7-9H,2-6H2,1H3,(H2,13,16,17). The quantitative estimate of drug-likeness (QED) is 0.816. The van der Waals surface area contributed by atoms with Gasteiger partial charge in [0.05, 0.1) is 13.2 Å². The van der Waals surface area contributed by atoms with Gasteiger partial charge in [0.2, 0.25) is 10.0 Å². The molecule has 0 amide bonds. The van der Waals surface area contributed by atoms with E-state index < -0.39 is 16.0 Å². The summed E-state index contributed by atoms with van der Waals surface area (Å²) in [6.07, 6.45) is 2.46. The molecule has 0 radical (unpaired) electrons. The van der Waals surface area contributed by atoms with Crippen LogP contribution in [-0.2, 0) is 26.0 Å². The highest BCUT2D eigenvalue weighted by Crippen LogP contribution is 2.17. The van der Waals surface area contributed by atoms with E-state index in [9.17, 15) is 13.2 Å². The fourth-order valence-electron chi connectivity index (χ4n) is 2.08. The van der Waals surface area contributed by atoms with E-state index in [1.165, 1.54) is 16.8 Å². The van der Waals surface area contributed by atoms with Crippen LogP contribution in [0.5, 0.6) is 0 Å². The number of nitrogens with two attached hydrogens (primary N) is 1. The number of aromatic nitrogens is 1. The molecule has 2 N–H and O–H groups in total. The summed E-state index contributed by atoms with van der Waals surface area (Å²) < 4.78 is 34.7. The minimum absolute atomic E-state index is 0.0849. The van der Waals surface area contributed by atoms with Crippen LogP contribution in [0.3, 0.4) is 0 Å². The molecule has 1 aromatic rings. The van der Waals surface area contributed by atoms with Crippen molar-refractivity contribution in [1.82, 2.24) is 4.57 Å². The third-order valence-corrected chi connectivity index (χ3v) is 4.07. The zero-order valence-corrected chi connectivity index (χ0v) is 12.1. The Kier molecular flexibility index (Phi) is 4.46. The summed E-state index contributed by atoms with van der Waals surface area (Å²) in [5.41, 5.74) is 0.197. The van der Waals surface area contributed by atoms with Gasteiger partial charge in [0.15, 0.2) is 0 Å². The number of sulfonamides is 1. The average molecular weight is 302 g/mol. The number of carbonyl (C=O) groups is 1. The Morgan fingerprint density at radius 2 is 2.15 bits per heavy atom. The van der Waals surface area contributed by atoms with E-state index in [-0.39, 0.29) is 16.7 Å². The molecule has 2 heterocycles. The molecule has 112 valence electrons. The van der Waals surface area contributed by atoms with Crippen molar-refractivity contribution >= 4 is 16.0 Å². The van der Waals surface area contributed by atoms with E-state index in [1.54, 1.807) is 6.92 Å². The Balaban J connectivity index is 2.18. The molecule has 0 aromatic carbocycles. The lowest BCUT2D eigenvalue weighted by atomic mass is 10.1. The van der Waals surface area contributed by atoms with Crippen molar-refractivity contribution in [2.45, 2.75) is 37.3 Å². The maximum absolute atomic E-state index is 12.1. The van der Waals surface area contributed by atoms with Gasteiger partial charge in [-0.25, -0.2) is 18.4 Å². The number of aryl methyl sites for hydroxylation is 1. The topological polar surface area (TPSA) is 101 Å². The van der Waals surface area contributed by atoms with Crippen molar-refractivity contribution in [2.24, 2.45) is 5.14 Å². The largest absolute Gasteiger partial charge is 0.458 e. The average Bonchev–Trinajstić information content (AvgIpc) is 2.84. The van der Waals surface area contributed by atoms with Gasteiger partial charge in [0.1, 0.15) is 16.7 Å². The number of esters is 1. The molecule has 1 fully saturated rings. The molecule has 1 saturated heterocycles. The molecular weight excluding hydrogens is 284 g/mol. The molecule has 1 aromatic heterocycles. The van der Waals surface area contributed by atoms with Gasteiger partial charge in [-0.05, 0) is 13.0 Å². The number of hydrogen-bond acceptors (Lipinski definition) is 5. The third kappa shape index (κ3) is 3.38. The minimum atomic E-state index is -3.83. The first-order valence-electron chi connectivity index (χ1n) is 6.43. The zero-order valence-electron chi connectivity index (χ0n) is 11.2. The van der Waals surface area contributed by atoms with Crippen LogP contribution < -0.4 is 5.14 Å². The predicted octanol–water partition coefficient (Wildman–Crippen LogP) is 0.491. The summed E-state index contributed by atoms with van der Waals surface area (Å²) in [5, 5.41) is 5.07.